The molecule has 0 aliphatic rings. The average Bonchev–Trinajstić information content (AvgIpc) is 2.50. The summed E-state index contributed by atoms with van der Waals surface area (Å²) in [5.74, 6) is 0.865. The Morgan fingerprint density at radius 2 is 1.81 bits per heavy atom. The first-order chi connectivity index (χ1) is 9.99. The van der Waals surface area contributed by atoms with Crippen molar-refractivity contribution < 1.29 is 4.74 Å². The van der Waals surface area contributed by atoms with Crippen LogP contribution in [0.2, 0.25) is 0 Å². The first kappa shape index (κ1) is 16.7. The number of benzene rings is 2. The number of rotatable bonds is 4. The zero-order valence-corrected chi connectivity index (χ0v) is 15.7. The van der Waals surface area contributed by atoms with E-state index in [1.807, 2.05) is 6.92 Å². The van der Waals surface area contributed by atoms with Gasteiger partial charge >= 0.3 is 0 Å². The third kappa shape index (κ3) is 3.41. The fraction of sp³-hybridized carbons (Fsp3) is 0.294. The molecule has 112 valence electrons. The van der Waals surface area contributed by atoms with E-state index in [0.717, 1.165) is 32.5 Å². The van der Waals surface area contributed by atoms with Gasteiger partial charge in [-0.2, -0.15) is 0 Å². The number of halogens is 2. The Kier molecular flexibility index (Phi) is 5.64. The molecule has 0 heterocycles. The van der Waals surface area contributed by atoms with Crippen LogP contribution in [0.25, 0.3) is 0 Å². The van der Waals surface area contributed by atoms with Gasteiger partial charge in [-0.3, -0.25) is 0 Å². The molecule has 0 aromatic heterocycles. The molecule has 0 bridgehead atoms. The molecule has 0 amide bonds. The lowest BCUT2D eigenvalue weighted by Gasteiger charge is -2.20. The second kappa shape index (κ2) is 7.08. The van der Waals surface area contributed by atoms with Crippen molar-refractivity contribution in [3.8, 4) is 5.75 Å². The largest absolute Gasteiger partial charge is 0.496 e. The summed E-state index contributed by atoms with van der Waals surface area (Å²) in [6, 6.07) is 10.4. The number of hydrogen-bond donors (Lipinski definition) is 0. The van der Waals surface area contributed by atoms with Gasteiger partial charge < -0.3 is 4.74 Å². The molecular formula is C17H18BrClOS. The average molecular weight is 386 g/mol. The Balaban J connectivity index is 2.53. The van der Waals surface area contributed by atoms with Gasteiger partial charge in [-0.1, -0.05) is 28.1 Å². The van der Waals surface area contributed by atoms with Crippen molar-refractivity contribution in [2.24, 2.45) is 0 Å². The Morgan fingerprint density at radius 1 is 1.19 bits per heavy atom. The normalized spacial score (nSPS) is 12.3. The van der Waals surface area contributed by atoms with Crippen LogP contribution >= 0.6 is 39.3 Å². The molecule has 1 unspecified atom stereocenters. The summed E-state index contributed by atoms with van der Waals surface area (Å²) >= 11 is 12.1. The Morgan fingerprint density at radius 3 is 2.33 bits per heavy atom. The fourth-order valence-corrected chi connectivity index (χ4v) is 3.76. The van der Waals surface area contributed by atoms with E-state index in [1.54, 1.807) is 18.9 Å². The first-order valence-electron chi connectivity index (χ1n) is 6.61. The van der Waals surface area contributed by atoms with Crippen molar-refractivity contribution in [1.29, 1.82) is 0 Å². The predicted molar refractivity (Wildman–Crippen MR) is 96.1 cm³/mol. The van der Waals surface area contributed by atoms with Gasteiger partial charge in [-0.15, -0.1) is 23.4 Å². The van der Waals surface area contributed by atoms with Crippen molar-refractivity contribution in [2.45, 2.75) is 24.1 Å². The quantitative estimate of drug-likeness (QED) is 0.463. The van der Waals surface area contributed by atoms with Gasteiger partial charge in [0.2, 0.25) is 0 Å². The third-order valence-electron chi connectivity index (χ3n) is 3.57. The molecule has 2 aromatic carbocycles. The van der Waals surface area contributed by atoms with Crippen LogP contribution in [0.15, 0.2) is 39.7 Å². The molecule has 0 aliphatic heterocycles. The van der Waals surface area contributed by atoms with Crippen LogP contribution in [-0.2, 0) is 0 Å². The Bertz CT molecular complexity index is 640. The van der Waals surface area contributed by atoms with Crippen molar-refractivity contribution in [2.75, 3.05) is 13.4 Å². The number of ether oxygens (including phenoxy) is 1. The van der Waals surface area contributed by atoms with Crippen molar-refractivity contribution >= 4 is 39.3 Å². The lowest BCUT2D eigenvalue weighted by atomic mass is 9.96. The third-order valence-corrected chi connectivity index (χ3v) is 5.61. The number of hydrogen-bond acceptors (Lipinski definition) is 2. The highest BCUT2D eigenvalue weighted by molar-refractivity contribution is 9.10. The van der Waals surface area contributed by atoms with Crippen LogP contribution in [-0.4, -0.2) is 13.4 Å². The van der Waals surface area contributed by atoms with Crippen LogP contribution in [0.4, 0.5) is 0 Å². The van der Waals surface area contributed by atoms with E-state index in [2.05, 4.69) is 59.4 Å². The maximum atomic E-state index is 6.75. The monoisotopic (exact) mass is 384 g/mol. The summed E-state index contributed by atoms with van der Waals surface area (Å²) in [5.41, 5.74) is 4.30. The minimum atomic E-state index is -0.230. The van der Waals surface area contributed by atoms with E-state index >= 15 is 0 Å². The van der Waals surface area contributed by atoms with E-state index in [9.17, 15) is 0 Å². The van der Waals surface area contributed by atoms with Gasteiger partial charge in [0, 0.05) is 14.9 Å². The molecule has 2 aromatic rings. The van der Waals surface area contributed by atoms with Crippen LogP contribution in [0.5, 0.6) is 5.75 Å². The highest BCUT2D eigenvalue weighted by atomic mass is 79.9. The smallest absolute Gasteiger partial charge is 0.127 e. The van der Waals surface area contributed by atoms with E-state index < -0.39 is 0 Å². The molecule has 1 atom stereocenters. The van der Waals surface area contributed by atoms with Crippen molar-refractivity contribution in [3.63, 3.8) is 0 Å². The van der Waals surface area contributed by atoms with Crippen LogP contribution < -0.4 is 4.74 Å². The molecule has 0 N–H and O–H groups in total. The van der Waals surface area contributed by atoms with Gasteiger partial charge in [0.1, 0.15) is 5.75 Å². The number of methoxy groups -OCH3 is 1. The van der Waals surface area contributed by atoms with Crippen LogP contribution in [0, 0.1) is 13.8 Å². The summed E-state index contributed by atoms with van der Waals surface area (Å²) in [5, 5.41) is -0.230. The van der Waals surface area contributed by atoms with Gasteiger partial charge in [0.25, 0.3) is 0 Å². The lowest BCUT2D eigenvalue weighted by Crippen LogP contribution is -2.03. The fourth-order valence-electron chi connectivity index (χ4n) is 2.39. The number of alkyl halides is 1. The topological polar surface area (TPSA) is 9.23 Å². The zero-order valence-electron chi connectivity index (χ0n) is 12.5. The molecule has 0 spiro atoms. The SMILES string of the molecule is COc1c(C)cc(Br)c(C)c1C(Cl)c1ccc(SC)cc1. The summed E-state index contributed by atoms with van der Waals surface area (Å²) in [6.07, 6.45) is 2.07. The maximum absolute atomic E-state index is 6.75. The van der Waals surface area contributed by atoms with Gasteiger partial charge in [0.05, 0.1) is 12.5 Å². The molecule has 1 nitrogen and oxygen atoms in total. The predicted octanol–water partition coefficient (Wildman–Crippen LogP) is 6.12. The van der Waals surface area contributed by atoms with Gasteiger partial charge in [-0.05, 0) is 55.0 Å². The molecule has 0 fully saturated rings. The maximum Gasteiger partial charge on any atom is 0.127 e. The number of thioether (sulfide) groups is 1. The summed E-state index contributed by atoms with van der Waals surface area (Å²) in [6.45, 7) is 4.10. The van der Waals surface area contributed by atoms with Crippen LogP contribution in [0.3, 0.4) is 0 Å². The van der Waals surface area contributed by atoms with Crippen molar-refractivity contribution in [1.82, 2.24) is 0 Å². The van der Waals surface area contributed by atoms with Crippen molar-refractivity contribution in [3.05, 3.63) is 57.1 Å². The second-order valence-corrected chi connectivity index (χ2v) is 7.05. The Labute approximate surface area is 144 Å². The van der Waals surface area contributed by atoms with Crippen LogP contribution in [0.1, 0.15) is 27.6 Å². The molecule has 0 saturated carbocycles. The molecule has 0 saturated heterocycles. The Hall–Kier alpha value is -0.640. The molecule has 0 aliphatic carbocycles. The summed E-state index contributed by atoms with van der Waals surface area (Å²) in [7, 11) is 1.69. The highest BCUT2D eigenvalue weighted by Crippen LogP contribution is 2.42. The minimum Gasteiger partial charge on any atom is -0.496 e. The molecule has 4 heteroatoms. The highest BCUT2D eigenvalue weighted by Gasteiger charge is 2.21. The van der Waals surface area contributed by atoms with E-state index in [4.69, 9.17) is 16.3 Å². The van der Waals surface area contributed by atoms with E-state index in [1.165, 1.54) is 4.90 Å². The van der Waals surface area contributed by atoms with Gasteiger partial charge in [0.15, 0.2) is 0 Å². The van der Waals surface area contributed by atoms with Gasteiger partial charge in [-0.25, -0.2) is 0 Å². The van der Waals surface area contributed by atoms with E-state index in [0.29, 0.717) is 0 Å². The zero-order chi connectivity index (χ0) is 15.6. The molecule has 2 rings (SSSR count). The first-order valence-corrected chi connectivity index (χ1v) is 9.06. The minimum absolute atomic E-state index is 0.230. The molecular weight excluding hydrogens is 368 g/mol. The van der Waals surface area contributed by atoms with E-state index in [-0.39, 0.29) is 5.38 Å². The standard InChI is InChI=1S/C17H18BrClOS/c1-10-9-14(18)11(2)15(17(10)20-3)16(19)12-5-7-13(21-4)8-6-12/h5-9,16H,1-4H3. The summed E-state index contributed by atoms with van der Waals surface area (Å²) in [4.78, 5) is 1.23. The summed E-state index contributed by atoms with van der Waals surface area (Å²) < 4.78 is 6.65. The number of aryl methyl sites for hydroxylation is 1. The molecule has 21 heavy (non-hydrogen) atoms. The lowest BCUT2D eigenvalue weighted by molar-refractivity contribution is 0.406. The molecule has 0 radical (unpaired) electrons. The second-order valence-electron chi connectivity index (χ2n) is 4.88.